The first-order valence-electron chi connectivity index (χ1n) is 5.90. The molecule has 2 rings (SSSR count). The molecule has 0 amide bonds. The third kappa shape index (κ3) is 2.58. The van der Waals surface area contributed by atoms with Gasteiger partial charge in [-0.1, -0.05) is 35.9 Å². The maximum absolute atomic E-state index is 12.9. The van der Waals surface area contributed by atoms with Gasteiger partial charge in [-0.3, -0.25) is 5.84 Å². The number of halogens is 1. The van der Waals surface area contributed by atoms with Crippen LogP contribution in [0.4, 0.5) is 4.39 Å². The fourth-order valence-corrected chi connectivity index (χ4v) is 2.09. The second-order valence-electron chi connectivity index (χ2n) is 4.51. The summed E-state index contributed by atoms with van der Waals surface area (Å²) in [5.74, 6) is 5.41. The van der Waals surface area contributed by atoms with Gasteiger partial charge in [0.2, 0.25) is 0 Å². The van der Waals surface area contributed by atoms with Gasteiger partial charge < -0.3 is 0 Å². The fourth-order valence-electron chi connectivity index (χ4n) is 2.09. The minimum atomic E-state index is -0.240. The van der Waals surface area contributed by atoms with E-state index in [4.69, 9.17) is 5.84 Å². The first-order valence-corrected chi connectivity index (χ1v) is 5.90. The Morgan fingerprint density at radius 1 is 1.06 bits per heavy atom. The molecule has 0 saturated carbocycles. The molecule has 0 spiro atoms. The molecule has 1 unspecified atom stereocenters. The van der Waals surface area contributed by atoms with Crippen LogP contribution in [-0.4, -0.2) is 0 Å². The molecule has 3 N–H and O–H groups in total. The largest absolute Gasteiger partial charge is 0.271 e. The van der Waals surface area contributed by atoms with Crippen molar-refractivity contribution in [2.24, 2.45) is 5.84 Å². The zero-order chi connectivity index (χ0) is 13.1. The maximum atomic E-state index is 12.9. The highest BCUT2D eigenvalue weighted by Gasteiger charge is 2.14. The Kier molecular flexibility index (Phi) is 3.75. The summed E-state index contributed by atoms with van der Waals surface area (Å²) in [6, 6.07) is 12.5. The number of hydrazine groups is 1. The van der Waals surface area contributed by atoms with Crippen molar-refractivity contribution < 1.29 is 4.39 Å². The van der Waals surface area contributed by atoms with E-state index in [1.807, 2.05) is 13.8 Å². The van der Waals surface area contributed by atoms with E-state index in [-0.39, 0.29) is 11.9 Å². The van der Waals surface area contributed by atoms with Crippen molar-refractivity contribution in [3.63, 3.8) is 0 Å². The summed E-state index contributed by atoms with van der Waals surface area (Å²) < 4.78 is 12.9. The molecule has 0 aliphatic carbocycles. The smallest absolute Gasteiger partial charge is 0.123 e. The third-order valence-electron chi connectivity index (χ3n) is 3.12. The second kappa shape index (κ2) is 5.29. The summed E-state index contributed by atoms with van der Waals surface area (Å²) in [6.07, 6.45) is 0. The first-order chi connectivity index (χ1) is 8.61. The van der Waals surface area contributed by atoms with Gasteiger partial charge in [0.05, 0.1) is 6.04 Å². The zero-order valence-electron chi connectivity index (χ0n) is 10.6. The molecule has 0 radical (unpaired) electrons. The van der Waals surface area contributed by atoms with Crippen molar-refractivity contribution in [2.75, 3.05) is 0 Å². The highest BCUT2D eigenvalue weighted by atomic mass is 19.1. The number of aryl methyl sites for hydroxylation is 2. The minimum absolute atomic E-state index is 0.120. The maximum Gasteiger partial charge on any atom is 0.123 e. The van der Waals surface area contributed by atoms with Crippen molar-refractivity contribution in [2.45, 2.75) is 19.9 Å². The van der Waals surface area contributed by atoms with Crippen molar-refractivity contribution in [1.29, 1.82) is 0 Å². The molecule has 18 heavy (non-hydrogen) atoms. The number of nitrogens with one attached hydrogen (secondary N) is 1. The quantitative estimate of drug-likeness (QED) is 0.643. The van der Waals surface area contributed by atoms with E-state index in [0.29, 0.717) is 0 Å². The van der Waals surface area contributed by atoms with Crippen LogP contribution in [0.1, 0.15) is 28.3 Å². The Balaban J connectivity index is 2.44. The van der Waals surface area contributed by atoms with Crippen LogP contribution in [0, 0.1) is 19.7 Å². The van der Waals surface area contributed by atoms with Crippen molar-refractivity contribution in [3.05, 3.63) is 70.5 Å². The number of benzene rings is 2. The predicted molar refractivity (Wildman–Crippen MR) is 71.5 cm³/mol. The summed E-state index contributed by atoms with van der Waals surface area (Å²) in [4.78, 5) is 0. The molecule has 2 aromatic rings. The molecule has 0 saturated heterocycles. The molecule has 0 heterocycles. The van der Waals surface area contributed by atoms with Crippen LogP contribution in [-0.2, 0) is 0 Å². The van der Waals surface area contributed by atoms with Crippen LogP contribution >= 0.6 is 0 Å². The Hall–Kier alpha value is -1.71. The standard InChI is InChI=1S/C15H17FN2/c1-10-3-4-11(2)14(9-10)15(18-17)12-5-7-13(16)8-6-12/h3-9,15,18H,17H2,1-2H3. The first kappa shape index (κ1) is 12.7. The van der Waals surface area contributed by atoms with Gasteiger partial charge in [-0.2, -0.15) is 0 Å². The van der Waals surface area contributed by atoms with Gasteiger partial charge in [-0.25, -0.2) is 9.82 Å². The predicted octanol–water partition coefficient (Wildman–Crippen LogP) is 3.00. The average molecular weight is 244 g/mol. The summed E-state index contributed by atoms with van der Waals surface area (Å²) in [5, 5.41) is 0. The van der Waals surface area contributed by atoms with E-state index in [2.05, 4.69) is 23.6 Å². The Morgan fingerprint density at radius 2 is 1.72 bits per heavy atom. The van der Waals surface area contributed by atoms with Gasteiger partial charge in [0.15, 0.2) is 0 Å². The highest BCUT2D eigenvalue weighted by molar-refractivity contribution is 5.39. The normalized spacial score (nSPS) is 12.4. The molecule has 0 aromatic heterocycles. The van der Waals surface area contributed by atoms with Crippen molar-refractivity contribution in [1.82, 2.24) is 5.43 Å². The van der Waals surface area contributed by atoms with Crippen LogP contribution in [0.5, 0.6) is 0 Å². The molecular weight excluding hydrogens is 227 g/mol. The molecule has 3 heteroatoms. The summed E-state index contributed by atoms with van der Waals surface area (Å²) in [7, 11) is 0. The minimum Gasteiger partial charge on any atom is -0.271 e. The topological polar surface area (TPSA) is 38.0 Å². The van der Waals surface area contributed by atoms with Gasteiger partial charge in [-0.05, 0) is 42.7 Å². The Morgan fingerprint density at radius 3 is 2.33 bits per heavy atom. The second-order valence-corrected chi connectivity index (χ2v) is 4.51. The van der Waals surface area contributed by atoms with Crippen LogP contribution in [0.2, 0.25) is 0 Å². The lowest BCUT2D eigenvalue weighted by atomic mass is 9.94. The van der Waals surface area contributed by atoms with Gasteiger partial charge in [0, 0.05) is 0 Å². The molecule has 0 aliphatic rings. The van der Waals surface area contributed by atoms with E-state index in [9.17, 15) is 4.39 Å². The molecule has 0 aliphatic heterocycles. The van der Waals surface area contributed by atoms with Crippen molar-refractivity contribution in [3.8, 4) is 0 Å². The lowest BCUT2D eigenvalue weighted by Gasteiger charge is -2.19. The van der Waals surface area contributed by atoms with Crippen LogP contribution in [0.15, 0.2) is 42.5 Å². The third-order valence-corrected chi connectivity index (χ3v) is 3.12. The van der Waals surface area contributed by atoms with E-state index in [1.165, 1.54) is 17.7 Å². The fraction of sp³-hybridized carbons (Fsp3) is 0.200. The van der Waals surface area contributed by atoms with E-state index in [0.717, 1.165) is 16.7 Å². The Bertz CT molecular complexity index is 535. The van der Waals surface area contributed by atoms with Crippen LogP contribution in [0.3, 0.4) is 0 Å². The number of rotatable bonds is 3. The average Bonchev–Trinajstić information content (AvgIpc) is 2.37. The molecular formula is C15H17FN2. The van der Waals surface area contributed by atoms with Crippen molar-refractivity contribution >= 4 is 0 Å². The summed E-state index contributed by atoms with van der Waals surface area (Å²) >= 11 is 0. The summed E-state index contributed by atoms with van der Waals surface area (Å²) in [5.41, 5.74) is 7.20. The van der Waals surface area contributed by atoms with E-state index < -0.39 is 0 Å². The lowest BCUT2D eigenvalue weighted by molar-refractivity contribution is 0.614. The number of nitrogens with two attached hydrogens (primary N) is 1. The van der Waals surface area contributed by atoms with Gasteiger partial charge in [0.25, 0.3) is 0 Å². The van der Waals surface area contributed by atoms with Gasteiger partial charge in [-0.15, -0.1) is 0 Å². The molecule has 0 fully saturated rings. The number of hydrogen-bond acceptors (Lipinski definition) is 2. The Labute approximate surface area is 107 Å². The van der Waals surface area contributed by atoms with Gasteiger partial charge in [0.1, 0.15) is 5.82 Å². The molecule has 0 bridgehead atoms. The van der Waals surface area contributed by atoms with E-state index in [1.54, 1.807) is 12.1 Å². The van der Waals surface area contributed by atoms with Gasteiger partial charge >= 0.3 is 0 Å². The SMILES string of the molecule is Cc1ccc(C)c(C(NN)c2ccc(F)cc2)c1. The molecule has 2 aromatic carbocycles. The molecule has 2 nitrogen and oxygen atoms in total. The number of hydrogen-bond donors (Lipinski definition) is 2. The summed E-state index contributed by atoms with van der Waals surface area (Å²) in [6.45, 7) is 4.09. The van der Waals surface area contributed by atoms with E-state index >= 15 is 0 Å². The highest BCUT2D eigenvalue weighted by Crippen LogP contribution is 2.25. The molecule has 94 valence electrons. The molecule has 1 atom stereocenters. The monoisotopic (exact) mass is 244 g/mol. The lowest BCUT2D eigenvalue weighted by Crippen LogP contribution is -2.29. The van der Waals surface area contributed by atoms with Crippen LogP contribution in [0.25, 0.3) is 0 Å². The zero-order valence-corrected chi connectivity index (χ0v) is 10.6. The van der Waals surface area contributed by atoms with Crippen LogP contribution < -0.4 is 11.3 Å².